The molecule has 1 rings (SSSR count). The lowest BCUT2D eigenvalue weighted by molar-refractivity contribution is -0.134. The van der Waals surface area contributed by atoms with Gasteiger partial charge in [-0.2, -0.15) is 0 Å². The average molecular weight is 393 g/mol. The molecule has 0 aliphatic heterocycles. The fourth-order valence-electron chi connectivity index (χ4n) is 3.04. The number of carbonyl (C=O) groups excluding carboxylic acids is 1. The van der Waals surface area contributed by atoms with Gasteiger partial charge in [0, 0.05) is 6.42 Å². The van der Waals surface area contributed by atoms with Gasteiger partial charge in [0.05, 0.1) is 5.02 Å². The summed E-state index contributed by atoms with van der Waals surface area (Å²) in [7, 11) is 0. The second-order valence-electron chi connectivity index (χ2n) is 7.24. The Labute approximate surface area is 171 Å². The van der Waals surface area contributed by atoms with Gasteiger partial charge in [0.2, 0.25) is 0 Å². The van der Waals surface area contributed by atoms with Gasteiger partial charge < -0.3 is 4.74 Å². The highest BCUT2D eigenvalue weighted by Gasteiger charge is 2.07. The SMILES string of the molecule is CCCCCCCC/C=C\CCCCCCCC(=O)Oc1ccccc1Cl. The van der Waals surface area contributed by atoms with E-state index < -0.39 is 0 Å². The van der Waals surface area contributed by atoms with E-state index in [9.17, 15) is 4.79 Å². The highest BCUT2D eigenvalue weighted by atomic mass is 35.5. The molecule has 1 aromatic rings. The van der Waals surface area contributed by atoms with E-state index in [1.54, 1.807) is 12.1 Å². The summed E-state index contributed by atoms with van der Waals surface area (Å²) in [5, 5.41) is 0.482. The summed E-state index contributed by atoms with van der Waals surface area (Å²) in [5.41, 5.74) is 0. The van der Waals surface area contributed by atoms with E-state index >= 15 is 0 Å². The molecule has 0 unspecified atom stereocenters. The van der Waals surface area contributed by atoms with E-state index in [4.69, 9.17) is 16.3 Å². The Bertz CT molecular complexity index is 525. The predicted octanol–water partition coefficient (Wildman–Crippen LogP) is 8.28. The smallest absolute Gasteiger partial charge is 0.311 e. The van der Waals surface area contributed by atoms with Gasteiger partial charge in [0.1, 0.15) is 5.75 Å². The summed E-state index contributed by atoms with van der Waals surface area (Å²) in [6.45, 7) is 2.26. The molecule has 0 aliphatic rings. The van der Waals surface area contributed by atoms with E-state index in [2.05, 4.69) is 19.1 Å². The van der Waals surface area contributed by atoms with Crippen LogP contribution in [0.25, 0.3) is 0 Å². The molecule has 0 bridgehead atoms. The molecule has 0 aliphatic carbocycles. The van der Waals surface area contributed by atoms with E-state index in [1.807, 2.05) is 12.1 Å². The normalized spacial score (nSPS) is 11.2. The molecule has 0 saturated heterocycles. The van der Waals surface area contributed by atoms with Gasteiger partial charge in [-0.05, 0) is 44.2 Å². The maximum Gasteiger partial charge on any atom is 0.311 e. The maximum atomic E-state index is 11.8. The lowest BCUT2D eigenvalue weighted by Gasteiger charge is -2.05. The van der Waals surface area contributed by atoms with Crippen molar-refractivity contribution < 1.29 is 9.53 Å². The van der Waals surface area contributed by atoms with Crippen molar-refractivity contribution in [2.45, 2.75) is 96.8 Å². The third-order valence-electron chi connectivity index (χ3n) is 4.70. The lowest BCUT2D eigenvalue weighted by Crippen LogP contribution is -2.07. The molecule has 152 valence electrons. The van der Waals surface area contributed by atoms with Crippen LogP contribution in [0.1, 0.15) is 96.8 Å². The van der Waals surface area contributed by atoms with Gasteiger partial charge >= 0.3 is 5.97 Å². The second-order valence-corrected chi connectivity index (χ2v) is 7.65. The van der Waals surface area contributed by atoms with Crippen LogP contribution in [0.2, 0.25) is 5.02 Å². The van der Waals surface area contributed by atoms with Gasteiger partial charge in [0.25, 0.3) is 0 Å². The van der Waals surface area contributed by atoms with Crippen molar-refractivity contribution in [2.24, 2.45) is 0 Å². The Balaban J connectivity index is 1.88. The maximum absolute atomic E-state index is 11.8. The van der Waals surface area contributed by atoms with E-state index in [1.165, 1.54) is 70.6 Å². The van der Waals surface area contributed by atoms with Crippen LogP contribution < -0.4 is 4.74 Å². The molecule has 3 heteroatoms. The van der Waals surface area contributed by atoms with Crippen LogP contribution in [-0.4, -0.2) is 5.97 Å². The molecule has 0 radical (unpaired) electrons. The van der Waals surface area contributed by atoms with Gasteiger partial charge in [0.15, 0.2) is 0 Å². The number of hydrogen-bond acceptors (Lipinski definition) is 2. The number of halogens is 1. The molecule has 0 spiro atoms. The molecule has 2 nitrogen and oxygen atoms in total. The summed E-state index contributed by atoms with van der Waals surface area (Å²) in [5.74, 6) is 0.262. The highest BCUT2D eigenvalue weighted by molar-refractivity contribution is 6.32. The number of para-hydroxylation sites is 1. The van der Waals surface area contributed by atoms with Gasteiger partial charge in [-0.25, -0.2) is 0 Å². The zero-order valence-electron chi connectivity index (χ0n) is 17.1. The molecule has 0 saturated carbocycles. The first-order chi connectivity index (χ1) is 13.2. The monoisotopic (exact) mass is 392 g/mol. The van der Waals surface area contributed by atoms with Gasteiger partial charge in [-0.15, -0.1) is 0 Å². The highest BCUT2D eigenvalue weighted by Crippen LogP contribution is 2.23. The summed E-state index contributed by atoms with van der Waals surface area (Å²) in [6, 6.07) is 7.09. The molecule has 0 N–H and O–H groups in total. The van der Waals surface area contributed by atoms with Crippen LogP contribution in [-0.2, 0) is 4.79 Å². The van der Waals surface area contributed by atoms with E-state index in [0.29, 0.717) is 17.2 Å². The Morgan fingerprint density at radius 3 is 2.04 bits per heavy atom. The number of allylic oxidation sites excluding steroid dienone is 2. The molecule has 0 fully saturated rings. The van der Waals surface area contributed by atoms with Crippen LogP contribution >= 0.6 is 11.6 Å². The molecule has 0 amide bonds. The number of hydrogen-bond donors (Lipinski definition) is 0. The first-order valence-electron chi connectivity index (χ1n) is 10.8. The van der Waals surface area contributed by atoms with Crippen LogP contribution in [0, 0.1) is 0 Å². The summed E-state index contributed by atoms with van der Waals surface area (Å²) >= 11 is 5.98. The first-order valence-corrected chi connectivity index (χ1v) is 11.2. The molecule has 0 aromatic heterocycles. The van der Waals surface area contributed by atoms with Crippen molar-refractivity contribution in [1.29, 1.82) is 0 Å². The fourth-order valence-corrected chi connectivity index (χ4v) is 3.22. The minimum atomic E-state index is -0.194. The van der Waals surface area contributed by atoms with Gasteiger partial charge in [-0.3, -0.25) is 4.79 Å². The van der Waals surface area contributed by atoms with Crippen molar-refractivity contribution in [3.05, 3.63) is 41.4 Å². The summed E-state index contributed by atoms with van der Waals surface area (Å²) < 4.78 is 5.28. The Morgan fingerprint density at radius 2 is 1.41 bits per heavy atom. The predicted molar refractivity (Wildman–Crippen MR) is 117 cm³/mol. The van der Waals surface area contributed by atoms with E-state index in [0.717, 1.165) is 12.8 Å². The molecule has 1 aromatic carbocycles. The molecule has 0 heterocycles. The number of ether oxygens (including phenoxy) is 1. The Kier molecular flexibility index (Phi) is 14.8. The number of benzene rings is 1. The van der Waals surface area contributed by atoms with Crippen LogP contribution in [0.3, 0.4) is 0 Å². The van der Waals surface area contributed by atoms with Crippen molar-refractivity contribution in [1.82, 2.24) is 0 Å². The molecular weight excluding hydrogens is 356 g/mol. The minimum absolute atomic E-state index is 0.194. The third-order valence-corrected chi connectivity index (χ3v) is 5.02. The Hall–Kier alpha value is -1.28. The standard InChI is InChI=1S/C24H37ClO2/c1-2-3-4-5-6-7-8-9-10-11-12-13-14-15-16-21-24(26)27-23-20-18-17-19-22(23)25/h9-10,17-20H,2-8,11-16,21H2,1H3/b10-9-. The fraction of sp³-hybridized carbons (Fsp3) is 0.625. The molecule has 0 atom stereocenters. The van der Waals surface area contributed by atoms with Gasteiger partial charge in [-0.1, -0.05) is 94.2 Å². The topological polar surface area (TPSA) is 26.3 Å². The number of unbranched alkanes of at least 4 members (excludes halogenated alkanes) is 11. The van der Waals surface area contributed by atoms with Crippen molar-refractivity contribution in [3.63, 3.8) is 0 Å². The largest absolute Gasteiger partial charge is 0.425 e. The van der Waals surface area contributed by atoms with Crippen molar-refractivity contribution >= 4 is 17.6 Å². The minimum Gasteiger partial charge on any atom is -0.425 e. The van der Waals surface area contributed by atoms with E-state index in [-0.39, 0.29) is 5.97 Å². The average Bonchev–Trinajstić information content (AvgIpc) is 2.66. The number of carbonyl (C=O) groups is 1. The van der Waals surface area contributed by atoms with Crippen LogP contribution in [0.4, 0.5) is 0 Å². The first kappa shape index (κ1) is 23.8. The summed E-state index contributed by atoms with van der Waals surface area (Å²) in [6.07, 6.45) is 21.4. The summed E-state index contributed by atoms with van der Waals surface area (Å²) in [4.78, 5) is 11.8. The second kappa shape index (κ2) is 16.9. The van der Waals surface area contributed by atoms with Crippen LogP contribution in [0.15, 0.2) is 36.4 Å². The Morgan fingerprint density at radius 1 is 0.852 bits per heavy atom. The number of rotatable bonds is 16. The lowest BCUT2D eigenvalue weighted by atomic mass is 10.1. The number of esters is 1. The molecule has 27 heavy (non-hydrogen) atoms. The quantitative estimate of drug-likeness (QED) is 0.122. The molecular formula is C24H37ClO2. The van der Waals surface area contributed by atoms with Crippen LogP contribution in [0.5, 0.6) is 5.75 Å². The van der Waals surface area contributed by atoms with Crippen molar-refractivity contribution in [2.75, 3.05) is 0 Å². The third kappa shape index (κ3) is 13.5. The zero-order valence-corrected chi connectivity index (χ0v) is 17.8. The zero-order chi connectivity index (χ0) is 19.6. The van der Waals surface area contributed by atoms with Crippen molar-refractivity contribution in [3.8, 4) is 5.75 Å².